The van der Waals surface area contributed by atoms with E-state index in [9.17, 15) is 36.3 Å². The van der Waals surface area contributed by atoms with Gasteiger partial charge >= 0.3 is 6.18 Å². The van der Waals surface area contributed by atoms with E-state index in [1.54, 1.807) is 0 Å². The van der Waals surface area contributed by atoms with Crippen molar-refractivity contribution in [3.8, 4) is 0 Å². The van der Waals surface area contributed by atoms with Crippen LogP contribution in [-0.2, 0) is 23.8 Å². The van der Waals surface area contributed by atoms with E-state index < -0.39 is 81.2 Å². The van der Waals surface area contributed by atoms with Crippen molar-refractivity contribution in [3.05, 3.63) is 117 Å². The standard InChI is InChI=1S/C30H17Cl3F6N2O4/c31-19-4-3-15(40-28(44)26-25(29(26,32)33)13-1-6-21(35)18(9-13)30(37,38)39)11-16(19)23(42)10-14-2-5-20(34)17(27(14)36)12-24(43)22-7-8-45-41-22/h1-9,11,25-26H,10,12H2,(H,40,44)/t25-,26+/m0/s1. The molecule has 5 rings (SSSR count). The quantitative estimate of drug-likeness (QED) is 0.109. The first kappa shape index (κ1) is 32.5. The molecule has 0 saturated heterocycles. The maximum absolute atomic E-state index is 15.2. The second-order valence-corrected chi connectivity index (χ2v) is 12.0. The van der Waals surface area contributed by atoms with Crippen molar-refractivity contribution in [2.45, 2.75) is 29.3 Å². The molecule has 1 saturated carbocycles. The molecule has 0 bridgehead atoms. The fourth-order valence-electron chi connectivity index (χ4n) is 4.88. The highest BCUT2D eigenvalue weighted by Gasteiger charge is 2.67. The van der Waals surface area contributed by atoms with Crippen LogP contribution in [0.3, 0.4) is 0 Å². The minimum absolute atomic E-state index is 0.0242. The van der Waals surface area contributed by atoms with Crippen LogP contribution in [0.25, 0.3) is 0 Å². The van der Waals surface area contributed by atoms with Gasteiger partial charge in [0.25, 0.3) is 0 Å². The van der Waals surface area contributed by atoms with E-state index in [1.165, 1.54) is 24.3 Å². The average Bonchev–Trinajstić information content (AvgIpc) is 3.27. The van der Waals surface area contributed by atoms with Gasteiger partial charge in [0.1, 0.15) is 33.7 Å². The lowest BCUT2D eigenvalue weighted by molar-refractivity contribution is -0.140. The predicted octanol–water partition coefficient (Wildman–Crippen LogP) is 8.14. The van der Waals surface area contributed by atoms with Crippen LogP contribution in [0.1, 0.15) is 49.0 Å². The molecule has 0 radical (unpaired) electrons. The molecule has 1 fully saturated rings. The SMILES string of the molecule is O=C(Cc1c(F)ccc(CC(=O)c2cc(NC(=O)[C@H]3[C@H](c4ccc(F)c(C(F)(F)F)c4)C3(Cl)Cl)ccc2Cl)c1F)c1ccon1. The summed E-state index contributed by atoms with van der Waals surface area (Å²) in [6.07, 6.45) is -5.15. The van der Waals surface area contributed by atoms with Gasteiger partial charge in [0.15, 0.2) is 11.6 Å². The molecule has 1 aliphatic rings. The van der Waals surface area contributed by atoms with Crippen LogP contribution in [0.5, 0.6) is 0 Å². The summed E-state index contributed by atoms with van der Waals surface area (Å²) in [4.78, 5) is 38.5. The van der Waals surface area contributed by atoms with Crippen molar-refractivity contribution in [3.63, 3.8) is 0 Å². The Hall–Kier alpha value is -3.87. The summed E-state index contributed by atoms with van der Waals surface area (Å²) < 4.78 is 85.8. The summed E-state index contributed by atoms with van der Waals surface area (Å²) in [6, 6.07) is 9.14. The number of anilines is 1. The zero-order valence-electron chi connectivity index (χ0n) is 22.3. The maximum atomic E-state index is 15.2. The third-order valence-corrected chi connectivity index (χ3v) is 8.47. The van der Waals surface area contributed by atoms with Gasteiger partial charge < -0.3 is 9.84 Å². The number of nitrogens with one attached hydrogen (secondary N) is 1. The zero-order valence-corrected chi connectivity index (χ0v) is 24.6. The van der Waals surface area contributed by atoms with E-state index in [0.717, 1.165) is 24.5 Å². The highest BCUT2D eigenvalue weighted by Crippen LogP contribution is 2.65. The Balaban J connectivity index is 1.32. The molecule has 0 unspecified atom stereocenters. The number of aromatic nitrogens is 1. The largest absolute Gasteiger partial charge is 0.419 e. The van der Waals surface area contributed by atoms with E-state index in [2.05, 4.69) is 15.0 Å². The minimum Gasteiger partial charge on any atom is -0.364 e. The van der Waals surface area contributed by atoms with Crippen molar-refractivity contribution < 1.29 is 45.2 Å². The molecule has 3 aromatic carbocycles. The Bertz CT molecular complexity index is 1830. The van der Waals surface area contributed by atoms with Crippen LogP contribution in [-0.4, -0.2) is 27.0 Å². The van der Waals surface area contributed by atoms with Gasteiger partial charge in [-0.3, -0.25) is 14.4 Å². The number of hydrogen-bond donors (Lipinski definition) is 1. The number of rotatable bonds is 9. The van der Waals surface area contributed by atoms with E-state index in [-0.39, 0.29) is 33.1 Å². The monoisotopic (exact) mass is 688 g/mol. The summed E-state index contributed by atoms with van der Waals surface area (Å²) in [5, 5.41) is 5.85. The van der Waals surface area contributed by atoms with Gasteiger partial charge in [-0.2, -0.15) is 13.2 Å². The summed E-state index contributed by atoms with van der Waals surface area (Å²) >= 11 is 18.7. The van der Waals surface area contributed by atoms with Gasteiger partial charge in [-0.15, -0.1) is 23.2 Å². The van der Waals surface area contributed by atoms with Crippen molar-refractivity contribution in [2.24, 2.45) is 5.92 Å². The normalized spacial score (nSPS) is 17.2. The molecule has 234 valence electrons. The first-order valence-corrected chi connectivity index (χ1v) is 14.0. The number of alkyl halides is 5. The summed E-state index contributed by atoms with van der Waals surface area (Å²) in [5.74, 6) is -8.23. The highest BCUT2D eigenvalue weighted by molar-refractivity contribution is 6.53. The molecule has 1 N–H and O–H groups in total. The van der Waals surface area contributed by atoms with Crippen LogP contribution in [0.4, 0.5) is 32.0 Å². The molecule has 6 nitrogen and oxygen atoms in total. The molecular formula is C30H17Cl3F6N2O4. The van der Waals surface area contributed by atoms with Gasteiger partial charge in [0.2, 0.25) is 5.91 Å². The fraction of sp³-hybridized carbons (Fsp3) is 0.200. The Kier molecular flexibility index (Phi) is 8.78. The lowest BCUT2D eigenvalue weighted by Gasteiger charge is -2.11. The predicted molar refractivity (Wildman–Crippen MR) is 151 cm³/mol. The lowest BCUT2D eigenvalue weighted by Crippen LogP contribution is -2.18. The Morgan fingerprint density at radius 2 is 1.62 bits per heavy atom. The van der Waals surface area contributed by atoms with Gasteiger partial charge in [-0.25, -0.2) is 13.2 Å². The molecule has 2 atom stereocenters. The number of nitrogens with zero attached hydrogens (tertiary/aromatic N) is 1. The number of Topliss-reactive ketones (excluding diaryl/α,β-unsaturated/α-hetero) is 2. The van der Waals surface area contributed by atoms with Crippen LogP contribution >= 0.6 is 34.8 Å². The molecule has 45 heavy (non-hydrogen) atoms. The summed E-state index contributed by atoms with van der Waals surface area (Å²) in [5.41, 5.74) is -2.72. The van der Waals surface area contributed by atoms with E-state index in [0.29, 0.717) is 12.1 Å². The Morgan fingerprint density at radius 3 is 2.29 bits per heavy atom. The smallest absolute Gasteiger partial charge is 0.364 e. The Morgan fingerprint density at radius 1 is 0.911 bits per heavy atom. The van der Waals surface area contributed by atoms with E-state index in [4.69, 9.17) is 34.8 Å². The molecule has 0 aliphatic heterocycles. The average molecular weight is 690 g/mol. The number of hydrogen-bond acceptors (Lipinski definition) is 5. The van der Waals surface area contributed by atoms with Crippen molar-refractivity contribution in [2.75, 3.05) is 5.32 Å². The maximum Gasteiger partial charge on any atom is 0.419 e. The number of benzene rings is 3. The topological polar surface area (TPSA) is 89.3 Å². The van der Waals surface area contributed by atoms with Crippen LogP contribution in [0.2, 0.25) is 5.02 Å². The lowest BCUT2D eigenvalue weighted by atomic mass is 9.97. The second-order valence-electron chi connectivity index (χ2n) is 10.1. The van der Waals surface area contributed by atoms with Crippen LogP contribution in [0.15, 0.2) is 65.4 Å². The molecule has 1 heterocycles. The number of ketones is 2. The molecule has 0 spiro atoms. The third kappa shape index (κ3) is 6.58. The highest BCUT2D eigenvalue weighted by atomic mass is 35.5. The molecule has 1 aromatic heterocycles. The first-order valence-electron chi connectivity index (χ1n) is 12.9. The molecule has 4 aromatic rings. The van der Waals surface area contributed by atoms with Gasteiger partial charge in [0.05, 0.1) is 16.5 Å². The first-order chi connectivity index (χ1) is 21.1. The minimum atomic E-state index is -4.99. The number of carbonyl (C=O) groups is 3. The van der Waals surface area contributed by atoms with Gasteiger partial charge in [-0.05, 0) is 47.5 Å². The van der Waals surface area contributed by atoms with Crippen LogP contribution in [0, 0.1) is 23.4 Å². The second kappa shape index (κ2) is 12.1. The molecule has 1 aliphatic carbocycles. The van der Waals surface area contributed by atoms with E-state index >= 15 is 4.39 Å². The number of carbonyl (C=O) groups excluding carboxylic acids is 3. The zero-order chi connectivity index (χ0) is 32.8. The third-order valence-electron chi connectivity index (χ3n) is 7.20. The van der Waals surface area contributed by atoms with Gasteiger partial charge in [0, 0.05) is 41.6 Å². The van der Waals surface area contributed by atoms with Crippen molar-refractivity contribution in [1.29, 1.82) is 0 Å². The summed E-state index contributed by atoms with van der Waals surface area (Å²) in [7, 11) is 0. The number of halogens is 9. The fourth-order valence-corrected chi connectivity index (χ4v) is 5.93. The summed E-state index contributed by atoms with van der Waals surface area (Å²) in [6.45, 7) is 0. The molecule has 1 amide bonds. The van der Waals surface area contributed by atoms with Crippen molar-refractivity contribution >= 4 is 58.0 Å². The van der Waals surface area contributed by atoms with E-state index in [1.807, 2.05) is 0 Å². The van der Waals surface area contributed by atoms with Crippen LogP contribution < -0.4 is 5.32 Å². The number of amides is 1. The molecule has 15 heteroatoms. The van der Waals surface area contributed by atoms with Crippen molar-refractivity contribution in [1.82, 2.24) is 5.16 Å². The van der Waals surface area contributed by atoms with Gasteiger partial charge in [-0.1, -0.05) is 28.9 Å². The Labute approximate surface area is 265 Å². The molecular weight excluding hydrogens is 673 g/mol.